The van der Waals surface area contributed by atoms with Crippen LogP contribution >= 0.6 is 12.6 Å². The number of nitrogens with zero attached hydrogens (tertiary/aromatic N) is 1. The van der Waals surface area contributed by atoms with E-state index >= 15 is 0 Å². The van der Waals surface area contributed by atoms with Crippen LogP contribution in [0.3, 0.4) is 0 Å². The van der Waals surface area contributed by atoms with E-state index in [0.717, 1.165) is 10.5 Å². The Hall–Kier alpha value is -1.49. The van der Waals surface area contributed by atoms with Crippen LogP contribution in [0.1, 0.15) is 22.3 Å². The number of thiol groups is 1. The molecule has 18 heavy (non-hydrogen) atoms. The van der Waals surface area contributed by atoms with Gasteiger partial charge >= 0.3 is 0 Å². The second-order valence-corrected chi connectivity index (χ2v) is 4.91. The average molecular weight is 264 g/mol. The molecule has 4 nitrogen and oxygen atoms in total. The van der Waals surface area contributed by atoms with Gasteiger partial charge in [-0.25, -0.2) is 0 Å². The summed E-state index contributed by atoms with van der Waals surface area (Å²) in [6.07, 6.45) is 0.366. The minimum absolute atomic E-state index is 0.00460. The maximum absolute atomic E-state index is 12.4. The predicted octanol–water partition coefficient (Wildman–Crippen LogP) is 1.25. The van der Waals surface area contributed by atoms with Gasteiger partial charge in [-0.3, -0.25) is 9.59 Å². The van der Waals surface area contributed by atoms with E-state index in [-0.39, 0.29) is 11.8 Å². The fourth-order valence-electron chi connectivity index (χ4n) is 1.98. The van der Waals surface area contributed by atoms with Gasteiger partial charge in [0.2, 0.25) is 5.91 Å². The molecule has 1 N–H and O–H groups in total. The Morgan fingerprint density at radius 3 is 2.94 bits per heavy atom. The zero-order valence-corrected chi connectivity index (χ0v) is 11.2. The molecule has 0 radical (unpaired) electrons. The van der Waals surface area contributed by atoms with Gasteiger partial charge in [-0.2, -0.15) is 0 Å². The summed E-state index contributed by atoms with van der Waals surface area (Å²) >= 11 is 4.26. The summed E-state index contributed by atoms with van der Waals surface area (Å²) in [5.41, 5.74) is 1.60. The van der Waals surface area contributed by atoms with Crippen LogP contribution in [0.5, 0.6) is 0 Å². The molecule has 0 unspecified atom stereocenters. The summed E-state index contributed by atoms with van der Waals surface area (Å²) < 4.78 is 0. The van der Waals surface area contributed by atoms with Crippen LogP contribution in [-0.4, -0.2) is 36.3 Å². The van der Waals surface area contributed by atoms with E-state index in [4.69, 9.17) is 0 Å². The number of nitrogens with one attached hydrogen (secondary N) is 1. The highest BCUT2D eigenvalue weighted by molar-refractivity contribution is 7.80. The lowest BCUT2D eigenvalue weighted by Gasteiger charge is -2.20. The first-order valence-electron chi connectivity index (χ1n) is 5.93. The Labute approximate surface area is 112 Å². The first-order valence-corrected chi connectivity index (χ1v) is 6.38. The Kier molecular flexibility index (Phi) is 3.91. The van der Waals surface area contributed by atoms with Gasteiger partial charge < -0.3 is 10.2 Å². The molecule has 0 atom stereocenters. The van der Waals surface area contributed by atoms with Gasteiger partial charge in [-0.15, -0.1) is 12.6 Å². The van der Waals surface area contributed by atoms with Gasteiger partial charge in [0.15, 0.2) is 0 Å². The molecule has 0 saturated carbocycles. The van der Waals surface area contributed by atoms with E-state index in [1.807, 2.05) is 19.1 Å². The third-order valence-corrected chi connectivity index (χ3v) is 3.33. The highest BCUT2D eigenvalue weighted by Crippen LogP contribution is 2.16. The number of amides is 2. The number of rotatable bonds is 1. The van der Waals surface area contributed by atoms with Gasteiger partial charge in [0.1, 0.15) is 0 Å². The maximum atomic E-state index is 12.4. The zero-order chi connectivity index (χ0) is 13.1. The van der Waals surface area contributed by atoms with Crippen LogP contribution in [-0.2, 0) is 4.79 Å². The predicted molar refractivity (Wildman–Crippen MR) is 72.0 cm³/mol. The van der Waals surface area contributed by atoms with E-state index in [2.05, 4.69) is 17.9 Å². The Morgan fingerprint density at radius 1 is 1.39 bits per heavy atom. The van der Waals surface area contributed by atoms with Crippen molar-refractivity contribution >= 4 is 24.4 Å². The quantitative estimate of drug-likeness (QED) is 0.750. The Bertz CT molecular complexity index is 488. The fraction of sp³-hybridized carbons (Fsp3) is 0.385. The summed E-state index contributed by atoms with van der Waals surface area (Å²) in [5.74, 6) is -0.0233. The molecule has 5 heteroatoms. The zero-order valence-electron chi connectivity index (χ0n) is 10.3. The minimum Gasteiger partial charge on any atom is -0.354 e. The lowest BCUT2D eigenvalue weighted by atomic mass is 10.1. The van der Waals surface area contributed by atoms with Crippen molar-refractivity contribution in [1.82, 2.24) is 10.2 Å². The fourth-order valence-corrected chi connectivity index (χ4v) is 2.18. The van der Waals surface area contributed by atoms with E-state index in [9.17, 15) is 9.59 Å². The number of carbonyl (C=O) groups is 2. The third-order valence-electron chi connectivity index (χ3n) is 3.05. The smallest absolute Gasteiger partial charge is 0.254 e. The summed E-state index contributed by atoms with van der Waals surface area (Å²) in [5, 5.41) is 2.76. The molecule has 0 spiro atoms. The molecule has 1 fully saturated rings. The number of benzene rings is 1. The molecule has 1 aliphatic rings. The Balaban J connectivity index is 2.19. The molecule has 1 aliphatic heterocycles. The van der Waals surface area contributed by atoms with Crippen molar-refractivity contribution < 1.29 is 9.59 Å². The molecule has 0 aliphatic carbocycles. The SMILES string of the molecule is Cc1ccc(S)cc1C(=O)N1CCNC(=O)CC1. The average Bonchev–Trinajstić information content (AvgIpc) is 2.56. The normalized spacial score (nSPS) is 16.1. The summed E-state index contributed by atoms with van der Waals surface area (Å²) in [4.78, 5) is 26.1. The van der Waals surface area contributed by atoms with Crippen LogP contribution in [0.4, 0.5) is 0 Å². The third kappa shape index (κ3) is 2.85. The molecule has 1 heterocycles. The van der Waals surface area contributed by atoms with Crippen molar-refractivity contribution in [2.45, 2.75) is 18.2 Å². The molecule has 0 bridgehead atoms. The van der Waals surface area contributed by atoms with Crippen molar-refractivity contribution in [1.29, 1.82) is 0 Å². The van der Waals surface area contributed by atoms with E-state index < -0.39 is 0 Å². The van der Waals surface area contributed by atoms with Crippen LogP contribution < -0.4 is 5.32 Å². The topological polar surface area (TPSA) is 49.4 Å². The number of hydrogen-bond donors (Lipinski definition) is 2. The number of hydrogen-bond acceptors (Lipinski definition) is 3. The molecular weight excluding hydrogens is 248 g/mol. The standard InChI is InChI=1S/C13H16N2O2S/c1-9-2-3-10(18)8-11(9)13(17)15-6-4-12(16)14-5-7-15/h2-3,8,18H,4-7H2,1H3,(H,14,16). The van der Waals surface area contributed by atoms with Gasteiger partial charge in [0, 0.05) is 36.5 Å². The van der Waals surface area contributed by atoms with Crippen LogP contribution in [0, 0.1) is 6.92 Å². The van der Waals surface area contributed by atoms with E-state index in [1.54, 1.807) is 11.0 Å². The molecule has 0 aromatic heterocycles. The minimum atomic E-state index is -0.0279. The molecule has 2 amide bonds. The van der Waals surface area contributed by atoms with Gasteiger partial charge in [-0.1, -0.05) is 6.07 Å². The largest absolute Gasteiger partial charge is 0.354 e. The molecule has 96 valence electrons. The molecular formula is C13H16N2O2S. The second-order valence-electron chi connectivity index (χ2n) is 4.39. The summed E-state index contributed by atoms with van der Waals surface area (Å²) in [6, 6.07) is 5.53. The van der Waals surface area contributed by atoms with Crippen molar-refractivity contribution in [3.63, 3.8) is 0 Å². The first-order chi connectivity index (χ1) is 8.58. The lowest BCUT2D eigenvalue weighted by Crippen LogP contribution is -2.34. The van der Waals surface area contributed by atoms with E-state index in [1.165, 1.54) is 0 Å². The number of aryl methyl sites for hydroxylation is 1. The molecule has 1 aromatic carbocycles. The van der Waals surface area contributed by atoms with Crippen molar-refractivity contribution in [2.75, 3.05) is 19.6 Å². The van der Waals surface area contributed by atoms with Gasteiger partial charge in [-0.05, 0) is 24.6 Å². The van der Waals surface area contributed by atoms with Crippen molar-refractivity contribution in [3.8, 4) is 0 Å². The second kappa shape index (κ2) is 5.44. The van der Waals surface area contributed by atoms with Crippen molar-refractivity contribution in [3.05, 3.63) is 29.3 Å². The summed E-state index contributed by atoms with van der Waals surface area (Å²) in [7, 11) is 0. The highest BCUT2D eigenvalue weighted by Gasteiger charge is 2.20. The van der Waals surface area contributed by atoms with E-state index in [0.29, 0.717) is 31.6 Å². The maximum Gasteiger partial charge on any atom is 0.254 e. The lowest BCUT2D eigenvalue weighted by molar-refractivity contribution is -0.120. The van der Waals surface area contributed by atoms with Gasteiger partial charge in [0.05, 0.1) is 0 Å². The molecule has 1 saturated heterocycles. The number of carbonyl (C=O) groups excluding carboxylic acids is 2. The monoisotopic (exact) mass is 264 g/mol. The van der Waals surface area contributed by atoms with Crippen LogP contribution in [0.15, 0.2) is 23.1 Å². The van der Waals surface area contributed by atoms with Gasteiger partial charge in [0.25, 0.3) is 5.91 Å². The van der Waals surface area contributed by atoms with Crippen LogP contribution in [0.2, 0.25) is 0 Å². The first kappa shape index (κ1) is 13.0. The highest BCUT2D eigenvalue weighted by atomic mass is 32.1. The summed E-state index contributed by atoms with van der Waals surface area (Å²) in [6.45, 7) is 3.45. The molecule has 2 rings (SSSR count). The van der Waals surface area contributed by atoms with Crippen molar-refractivity contribution in [2.24, 2.45) is 0 Å². The molecule has 1 aromatic rings. The Morgan fingerprint density at radius 2 is 2.17 bits per heavy atom. The van der Waals surface area contributed by atoms with Crippen LogP contribution in [0.25, 0.3) is 0 Å².